The first-order chi connectivity index (χ1) is 10.0. The number of carbonyl (C=O) groups is 2. The zero-order chi connectivity index (χ0) is 15.8. The van der Waals surface area contributed by atoms with E-state index in [1.54, 1.807) is 19.9 Å². The number of hydrogen-bond donors (Lipinski definition) is 0. The van der Waals surface area contributed by atoms with E-state index in [1.807, 2.05) is 11.8 Å². The second-order valence-corrected chi connectivity index (χ2v) is 4.73. The summed E-state index contributed by atoms with van der Waals surface area (Å²) in [6.07, 6.45) is 0.906. The second-order valence-electron chi connectivity index (χ2n) is 4.73. The van der Waals surface area contributed by atoms with Crippen molar-refractivity contribution in [1.82, 2.24) is 4.90 Å². The van der Waals surface area contributed by atoms with Crippen LogP contribution in [0.4, 0.5) is 0 Å². The normalized spacial score (nSPS) is 10.7. The lowest BCUT2D eigenvalue weighted by Gasteiger charge is -2.19. The molecule has 0 fully saturated rings. The third-order valence-electron chi connectivity index (χ3n) is 2.92. The average Bonchev–Trinajstić information content (AvgIpc) is 2.79. The molecule has 0 aromatic carbocycles. The summed E-state index contributed by atoms with van der Waals surface area (Å²) in [5.41, 5.74) is 0.726. The molecule has 6 nitrogen and oxygen atoms in total. The van der Waals surface area contributed by atoms with Gasteiger partial charge in [-0.15, -0.1) is 0 Å². The lowest BCUT2D eigenvalue weighted by atomic mass is 10.2. The predicted octanol–water partition coefficient (Wildman–Crippen LogP) is 2.15. The highest BCUT2D eigenvalue weighted by atomic mass is 16.5. The van der Waals surface area contributed by atoms with E-state index >= 15 is 0 Å². The van der Waals surface area contributed by atoms with Crippen molar-refractivity contribution in [3.8, 4) is 0 Å². The molecule has 1 heterocycles. The Balaban J connectivity index is 2.74. The smallest absolute Gasteiger partial charge is 0.374 e. The number of nitrogens with zero attached hydrogens (tertiary/aromatic N) is 1. The molecule has 1 aromatic rings. The van der Waals surface area contributed by atoms with Gasteiger partial charge in [0, 0.05) is 5.56 Å². The molecule has 0 spiro atoms. The lowest BCUT2D eigenvalue weighted by molar-refractivity contribution is -0.144. The Morgan fingerprint density at radius 1 is 1.33 bits per heavy atom. The molecular weight excluding hydrogens is 274 g/mol. The Morgan fingerprint density at radius 3 is 2.62 bits per heavy atom. The van der Waals surface area contributed by atoms with Crippen LogP contribution in [0.3, 0.4) is 0 Å². The Labute approximate surface area is 125 Å². The minimum atomic E-state index is -0.494. The van der Waals surface area contributed by atoms with Crippen LogP contribution in [0.15, 0.2) is 10.5 Å². The summed E-state index contributed by atoms with van der Waals surface area (Å²) in [6, 6.07) is 1.79. The minimum absolute atomic E-state index is 0.203. The molecule has 0 amide bonds. The van der Waals surface area contributed by atoms with Gasteiger partial charge in [-0.25, -0.2) is 4.79 Å². The molecule has 0 aliphatic carbocycles. The third kappa shape index (κ3) is 5.23. The minimum Gasteiger partial charge on any atom is -0.465 e. The molecule has 0 aliphatic heterocycles. The molecule has 118 valence electrons. The standard InChI is InChI=1S/C15H23NO5/c1-5-7-16(10-13(17)20-6-2)9-12-8-11(3)14(21-12)15(18)19-4/h8H,5-7,9-10H2,1-4H3. The fourth-order valence-corrected chi connectivity index (χ4v) is 2.06. The van der Waals surface area contributed by atoms with E-state index in [9.17, 15) is 9.59 Å². The van der Waals surface area contributed by atoms with Gasteiger partial charge in [-0.3, -0.25) is 9.69 Å². The average molecular weight is 297 g/mol. The van der Waals surface area contributed by atoms with Crippen LogP contribution >= 0.6 is 0 Å². The molecule has 0 unspecified atom stereocenters. The first-order valence-corrected chi connectivity index (χ1v) is 7.07. The fraction of sp³-hybridized carbons (Fsp3) is 0.600. The molecule has 0 radical (unpaired) electrons. The monoisotopic (exact) mass is 297 g/mol. The maximum absolute atomic E-state index is 11.6. The number of aryl methyl sites for hydroxylation is 1. The van der Waals surface area contributed by atoms with Crippen LogP contribution in [0.2, 0.25) is 0 Å². The highest BCUT2D eigenvalue weighted by Gasteiger charge is 2.18. The third-order valence-corrected chi connectivity index (χ3v) is 2.92. The number of methoxy groups -OCH3 is 1. The highest BCUT2D eigenvalue weighted by molar-refractivity contribution is 5.87. The predicted molar refractivity (Wildman–Crippen MR) is 77.0 cm³/mol. The molecule has 6 heteroatoms. The Bertz CT molecular complexity index is 480. The molecule has 0 saturated heterocycles. The first kappa shape index (κ1) is 17.2. The van der Waals surface area contributed by atoms with Gasteiger partial charge in [-0.2, -0.15) is 0 Å². The van der Waals surface area contributed by atoms with Crippen LogP contribution in [-0.4, -0.2) is 43.6 Å². The van der Waals surface area contributed by atoms with Crippen molar-refractivity contribution in [1.29, 1.82) is 0 Å². The quantitative estimate of drug-likeness (QED) is 0.685. The summed E-state index contributed by atoms with van der Waals surface area (Å²) >= 11 is 0. The summed E-state index contributed by atoms with van der Waals surface area (Å²) in [6.45, 7) is 7.36. The van der Waals surface area contributed by atoms with Gasteiger partial charge in [0.15, 0.2) is 0 Å². The van der Waals surface area contributed by atoms with Gasteiger partial charge >= 0.3 is 11.9 Å². The van der Waals surface area contributed by atoms with E-state index in [2.05, 4.69) is 4.74 Å². The molecule has 0 aliphatic rings. The molecule has 0 bridgehead atoms. The summed E-state index contributed by atoms with van der Waals surface area (Å²) in [4.78, 5) is 25.0. The van der Waals surface area contributed by atoms with Gasteiger partial charge < -0.3 is 13.9 Å². The molecule has 0 atom stereocenters. The van der Waals surface area contributed by atoms with Crippen LogP contribution in [0.25, 0.3) is 0 Å². The maximum atomic E-state index is 11.6. The first-order valence-electron chi connectivity index (χ1n) is 7.07. The van der Waals surface area contributed by atoms with Gasteiger partial charge in [-0.1, -0.05) is 6.92 Å². The van der Waals surface area contributed by atoms with E-state index < -0.39 is 5.97 Å². The molecule has 0 saturated carbocycles. The highest BCUT2D eigenvalue weighted by Crippen LogP contribution is 2.17. The van der Waals surface area contributed by atoms with Crippen molar-refractivity contribution < 1.29 is 23.5 Å². The van der Waals surface area contributed by atoms with E-state index in [-0.39, 0.29) is 18.3 Å². The van der Waals surface area contributed by atoms with Crippen molar-refractivity contribution in [2.45, 2.75) is 33.7 Å². The van der Waals surface area contributed by atoms with Crippen LogP contribution < -0.4 is 0 Å². The van der Waals surface area contributed by atoms with Gasteiger partial charge in [0.25, 0.3) is 0 Å². The number of ether oxygens (including phenoxy) is 2. The largest absolute Gasteiger partial charge is 0.465 e. The molecule has 1 rings (SSSR count). The molecule has 1 aromatic heterocycles. The number of carbonyl (C=O) groups excluding carboxylic acids is 2. The van der Waals surface area contributed by atoms with Crippen LogP contribution in [0, 0.1) is 6.92 Å². The fourth-order valence-electron chi connectivity index (χ4n) is 2.06. The van der Waals surface area contributed by atoms with Crippen molar-refractivity contribution >= 4 is 11.9 Å². The van der Waals surface area contributed by atoms with Gasteiger partial charge in [0.05, 0.1) is 26.8 Å². The second kappa shape index (κ2) is 8.46. The Kier molecular flexibility index (Phi) is 6.94. The van der Waals surface area contributed by atoms with Gasteiger partial charge in [0.2, 0.25) is 5.76 Å². The molecule has 0 N–H and O–H groups in total. The summed E-state index contributed by atoms with van der Waals surface area (Å²) in [5.74, 6) is 0.0827. The molecule has 21 heavy (non-hydrogen) atoms. The Morgan fingerprint density at radius 2 is 2.05 bits per heavy atom. The van der Waals surface area contributed by atoms with Crippen molar-refractivity contribution in [2.75, 3.05) is 26.8 Å². The van der Waals surface area contributed by atoms with Crippen LogP contribution in [0.1, 0.15) is 42.1 Å². The van der Waals surface area contributed by atoms with E-state index in [0.29, 0.717) is 18.9 Å². The number of furan rings is 1. The van der Waals surface area contributed by atoms with Crippen molar-refractivity contribution in [3.05, 3.63) is 23.2 Å². The maximum Gasteiger partial charge on any atom is 0.374 e. The van der Waals surface area contributed by atoms with Crippen molar-refractivity contribution in [3.63, 3.8) is 0 Å². The topological polar surface area (TPSA) is 69.0 Å². The van der Waals surface area contributed by atoms with Gasteiger partial charge in [-0.05, 0) is 32.9 Å². The van der Waals surface area contributed by atoms with E-state index in [0.717, 1.165) is 18.5 Å². The summed E-state index contributed by atoms with van der Waals surface area (Å²) < 4.78 is 15.1. The SMILES string of the molecule is CCCN(CC(=O)OCC)Cc1cc(C)c(C(=O)OC)o1. The van der Waals surface area contributed by atoms with Crippen LogP contribution in [0.5, 0.6) is 0 Å². The van der Waals surface area contributed by atoms with E-state index in [1.165, 1.54) is 7.11 Å². The number of hydrogen-bond acceptors (Lipinski definition) is 6. The van der Waals surface area contributed by atoms with E-state index in [4.69, 9.17) is 9.15 Å². The Hall–Kier alpha value is -1.82. The molecular formula is C15H23NO5. The zero-order valence-electron chi connectivity index (χ0n) is 13.1. The zero-order valence-corrected chi connectivity index (χ0v) is 13.1. The van der Waals surface area contributed by atoms with Crippen LogP contribution in [-0.2, 0) is 20.8 Å². The summed E-state index contributed by atoms with van der Waals surface area (Å²) in [7, 11) is 1.31. The number of rotatable bonds is 8. The van der Waals surface area contributed by atoms with Gasteiger partial charge in [0.1, 0.15) is 5.76 Å². The lowest BCUT2D eigenvalue weighted by Crippen LogP contribution is -2.31. The number of esters is 2. The summed E-state index contributed by atoms with van der Waals surface area (Å²) in [5, 5.41) is 0. The van der Waals surface area contributed by atoms with Crippen molar-refractivity contribution in [2.24, 2.45) is 0 Å².